The third-order valence-electron chi connectivity index (χ3n) is 2.55. The lowest BCUT2D eigenvalue weighted by Crippen LogP contribution is -2.46. The Hall–Kier alpha value is -0.0400. The Labute approximate surface area is 84.3 Å². The van der Waals surface area contributed by atoms with E-state index < -0.39 is 0 Å². The highest BCUT2D eigenvalue weighted by Crippen LogP contribution is 2.16. The topological polar surface area (TPSA) is 12.0 Å². The molecule has 1 N–H and O–H groups in total. The van der Waals surface area contributed by atoms with E-state index in [4.69, 9.17) is 0 Å². The fraction of sp³-hybridized carbons (Fsp3) is 1.00. The molecule has 0 spiro atoms. The van der Waals surface area contributed by atoms with E-state index >= 15 is 0 Å². The molecule has 0 saturated heterocycles. The van der Waals surface area contributed by atoms with Crippen molar-refractivity contribution in [2.24, 2.45) is 5.92 Å². The Bertz CT molecular complexity index is 124. The van der Waals surface area contributed by atoms with Crippen LogP contribution < -0.4 is 5.32 Å². The average molecular weight is 185 g/mol. The van der Waals surface area contributed by atoms with Crippen LogP contribution in [0.3, 0.4) is 0 Å². The summed E-state index contributed by atoms with van der Waals surface area (Å²) >= 11 is 0. The molecule has 13 heavy (non-hydrogen) atoms. The maximum absolute atomic E-state index is 3.71. The van der Waals surface area contributed by atoms with E-state index in [1.807, 2.05) is 0 Å². The van der Waals surface area contributed by atoms with Crippen LogP contribution in [-0.2, 0) is 0 Å². The van der Waals surface area contributed by atoms with E-state index in [0.29, 0.717) is 6.04 Å². The Morgan fingerprint density at radius 2 is 1.69 bits per heavy atom. The summed E-state index contributed by atoms with van der Waals surface area (Å²) in [5, 5.41) is 3.71. The lowest BCUT2D eigenvalue weighted by Gasteiger charge is -2.32. The second kappa shape index (κ2) is 5.64. The van der Waals surface area contributed by atoms with Gasteiger partial charge in [-0.2, -0.15) is 0 Å². The third kappa shape index (κ3) is 6.09. The smallest absolute Gasteiger partial charge is 0.00992 e. The van der Waals surface area contributed by atoms with Crippen LogP contribution in [-0.4, -0.2) is 11.6 Å². The maximum Gasteiger partial charge on any atom is 0.00992 e. The Morgan fingerprint density at radius 1 is 1.15 bits per heavy atom. The molecule has 0 radical (unpaired) electrons. The molecule has 1 nitrogen and oxygen atoms in total. The number of hydrogen-bond donors (Lipinski definition) is 1. The SMILES string of the molecule is CCCC(NC(C)(C)C)C(C)CC. The molecule has 2 atom stereocenters. The van der Waals surface area contributed by atoms with Crippen molar-refractivity contribution in [2.45, 2.75) is 72.4 Å². The van der Waals surface area contributed by atoms with E-state index in [9.17, 15) is 0 Å². The van der Waals surface area contributed by atoms with Gasteiger partial charge in [0.1, 0.15) is 0 Å². The molecule has 0 amide bonds. The molecule has 0 fully saturated rings. The van der Waals surface area contributed by atoms with Gasteiger partial charge in [-0.05, 0) is 33.1 Å². The normalized spacial score (nSPS) is 17.1. The monoisotopic (exact) mass is 185 g/mol. The molecular formula is C12H27N. The molecule has 0 aromatic rings. The van der Waals surface area contributed by atoms with Gasteiger partial charge in [-0.15, -0.1) is 0 Å². The minimum atomic E-state index is 0.253. The van der Waals surface area contributed by atoms with Gasteiger partial charge in [0, 0.05) is 11.6 Å². The molecule has 0 aromatic carbocycles. The first-order valence-corrected chi connectivity index (χ1v) is 5.68. The van der Waals surface area contributed by atoms with Gasteiger partial charge in [0.15, 0.2) is 0 Å². The summed E-state index contributed by atoms with van der Waals surface area (Å²) < 4.78 is 0. The number of rotatable bonds is 5. The standard InChI is InChI=1S/C12H27N/c1-7-9-11(10(3)8-2)13-12(4,5)6/h10-11,13H,7-9H2,1-6H3. The zero-order chi connectivity index (χ0) is 10.5. The van der Waals surface area contributed by atoms with Gasteiger partial charge in [-0.3, -0.25) is 0 Å². The molecule has 1 heteroatoms. The van der Waals surface area contributed by atoms with E-state index in [1.54, 1.807) is 0 Å². The lowest BCUT2D eigenvalue weighted by atomic mass is 9.92. The van der Waals surface area contributed by atoms with Crippen LogP contribution in [0, 0.1) is 5.92 Å². The number of hydrogen-bond acceptors (Lipinski definition) is 1. The molecular weight excluding hydrogens is 158 g/mol. The van der Waals surface area contributed by atoms with E-state index in [0.717, 1.165) is 5.92 Å². The van der Waals surface area contributed by atoms with Crippen molar-refractivity contribution in [2.75, 3.05) is 0 Å². The summed E-state index contributed by atoms with van der Waals surface area (Å²) in [6, 6.07) is 0.690. The van der Waals surface area contributed by atoms with Crippen molar-refractivity contribution in [3.63, 3.8) is 0 Å². The maximum atomic E-state index is 3.71. The van der Waals surface area contributed by atoms with Gasteiger partial charge >= 0.3 is 0 Å². The Morgan fingerprint density at radius 3 is 2.00 bits per heavy atom. The van der Waals surface area contributed by atoms with E-state index in [2.05, 4.69) is 46.9 Å². The van der Waals surface area contributed by atoms with Crippen LogP contribution in [0.1, 0.15) is 60.8 Å². The van der Waals surface area contributed by atoms with Crippen molar-refractivity contribution in [3.05, 3.63) is 0 Å². The minimum absolute atomic E-state index is 0.253. The van der Waals surface area contributed by atoms with E-state index in [1.165, 1.54) is 19.3 Å². The zero-order valence-corrected chi connectivity index (χ0v) is 10.3. The summed E-state index contributed by atoms with van der Waals surface area (Å²) in [4.78, 5) is 0. The molecule has 0 aromatic heterocycles. The number of nitrogens with one attached hydrogen (secondary N) is 1. The fourth-order valence-corrected chi connectivity index (χ4v) is 1.65. The quantitative estimate of drug-likeness (QED) is 0.690. The van der Waals surface area contributed by atoms with Crippen LogP contribution in [0.25, 0.3) is 0 Å². The van der Waals surface area contributed by atoms with Crippen LogP contribution in [0.15, 0.2) is 0 Å². The molecule has 0 saturated carbocycles. The van der Waals surface area contributed by atoms with Gasteiger partial charge in [-0.1, -0.05) is 33.6 Å². The zero-order valence-electron chi connectivity index (χ0n) is 10.3. The largest absolute Gasteiger partial charge is 0.309 e. The van der Waals surface area contributed by atoms with Gasteiger partial charge in [-0.25, -0.2) is 0 Å². The first kappa shape index (κ1) is 13.0. The van der Waals surface area contributed by atoms with Crippen molar-refractivity contribution >= 4 is 0 Å². The first-order chi connectivity index (χ1) is 5.90. The third-order valence-corrected chi connectivity index (χ3v) is 2.55. The minimum Gasteiger partial charge on any atom is -0.309 e. The first-order valence-electron chi connectivity index (χ1n) is 5.68. The van der Waals surface area contributed by atoms with Crippen molar-refractivity contribution in [1.82, 2.24) is 5.32 Å². The fourth-order valence-electron chi connectivity index (χ4n) is 1.65. The second-order valence-corrected chi connectivity index (χ2v) is 5.18. The predicted octanol–water partition coefficient (Wildman–Crippen LogP) is 3.59. The van der Waals surface area contributed by atoms with Crippen molar-refractivity contribution < 1.29 is 0 Å². The highest BCUT2D eigenvalue weighted by molar-refractivity contribution is 4.80. The summed E-state index contributed by atoms with van der Waals surface area (Å²) in [6.45, 7) is 13.6. The average Bonchev–Trinajstić information content (AvgIpc) is 2.00. The molecule has 0 aliphatic heterocycles. The van der Waals surface area contributed by atoms with Crippen molar-refractivity contribution in [1.29, 1.82) is 0 Å². The van der Waals surface area contributed by atoms with E-state index in [-0.39, 0.29) is 5.54 Å². The van der Waals surface area contributed by atoms with Crippen LogP contribution in [0.5, 0.6) is 0 Å². The van der Waals surface area contributed by atoms with Crippen LogP contribution >= 0.6 is 0 Å². The van der Waals surface area contributed by atoms with Crippen molar-refractivity contribution in [3.8, 4) is 0 Å². The Balaban J connectivity index is 4.09. The van der Waals surface area contributed by atoms with Crippen LogP contribution in [0.2, 0.25) is 0 Å². The van der Waals surface area contributed by atoms with Gasteiger partial charge in [0.2, 0.25) is 0 Å². The molecule has 0 heterocycles. The summed E-state index contributed by atoms with van der Waals surface area (Å²) in [5.74, 6) is 0.791. The molecule has 0 rings (SSSR count). The molecule has 0 bridgehead atoms. The van der Waals surface area contributed by atoms with Gasteiger partial charge in [0.05, 0.1) is 0 Å². The highest BCUT2D eigenvalue weighted by Gasteiger charge is 2.20. The Kier molecular flexibility index (Phi) is 5.62. The molecule has 0 aliphatic carbocycles. The molecule has 2 unspecified atom stereocenters. The molecule has 80 valence electrons. The van der Waals surface area contributed by atoms with Crippen LogP contribution in [0.4, 0.5) is 0 Å². The highest BCUT2D eigenvalue weighted by atomic mass is 15.0. The predicted molar refractivity (Wildman–Crippen MR) is 61.0 cm³/mol. The van der Waals surface area contributed by atoms with Gasteiger partial charge < -0.3 is 5.32 Å². The summed E-state index contributed by atoms with van der Waals surface area (Å²) in [7, 11) is 0. The summed E-state index contributed by atoms with van der Waals surface area (Å²) in [6.07, 6.45) is 3.85. The lowest BCUT2D eigenvalue weighted by molar-refractivity contribution is 0.273. The van der Waals surface area contributed by atoms with Gasteiger partial charge in [0.25, 0.3) is 0 Å². The summed E-state index contributed by atoms with van der Waals surface area (Å²) in [5.41, 5.74) is 0.253. The second-order valence-electron chi connectivity index (χ2n) is 5.18. The molecule has 0 aliphatic rings.